The summed E-state index contributed by atoms with van der Waals surface area (Å²) in [5.74, 6) is -2.19. The lowest BCUT2D eigenvalue weighted by Gasteiger charge is -2.18. The standard InChI is InChI=1S/C23H23N3O6S/c1-3-32-23(31)18-15-9-8-12(2)10-16(15)33-20(18)24-17(27)11-26-21(28)14-7-5-4-6-13(14)19(25-26)22(29)30/h4-7,12H,3,8-11H2,1-2H3,(H,24,27)(H,29,30)/p-1/t12-/m0/s1. The molecule has 1 aliphatic carbocycles. The lowest BCUT2D eigenvalue weighted by atomic mass is 9.88. The topological polar surface area (TPSA) is 130 Å². The van der Waals surface area contributed by atoms with Gasteiger partial charge in [-0.2, -0.15) is 5.10 Å². The molecule has 0 aliphatic heterocycles. The van der Waals surface area contributed by atoms with Crippen LogP contribution in [0, 0.1) is 5.92 Å². The van der Waals surface area contributed by atoms with Gasteiger partial charge in [-0.05, 0) is 43.7 Å². The SMILES string of the molecule is CCOC(=O)c1c(NC(=O)Cn2nc(C(=O)[O-])c3ccccc3c2=O)sc2c1CC[C@H](C)C2. The van der Waals surface area contributed by atoms with Crippen molar-refractivity contribution in [2.24, 2.45) is 5.92 Å². The summed E-state index contributed by atoms with van der Waals surface area (Å²) >= 11 is 1.33. The number of hydrogen-bond acceptors (Lipinski definition) is 8. The van der Waals surface area contributed by atoms with Crippen molar-refractivity contribution < 1.29 is 24.2 Å². The van der Waals surface area contributed by atoms with Gasteiger partial charge in [-0.25, -0.2) is 9.48 Å². The van der Waals surface area contributed by atoms with Gasteiger partial charge in [0.05, 0.1) is 23.5 Å². The van der Waals surface area contributed by atoms with Crippen molar-refractivity contribution in [3.63, 3.8) is 0 Å². The van der Waals surface area contributed by atoms with Gasteiger partial charge >= 0.3 is 5.97 Å². The number of amides is 1. The number of aromatic nitrogens is 2. The van der Waals surface area contributed by atoms with Crippen molar-refractivity contribution in [3.8, 4) is 0 Å². The van der Waals surface area contributed by atoms with Crippen LogP contribution >= 0.6 is 11.3 Å². The number of nitrogens with one attached hydrogen (secondary N) is 1. The molecule has 33 heavy (non-hydrogen) atoms. The first-order valence-corrected chi connectivity index (χ1v) is 11.4. The fourth-order valence-corrected chi connectivity index (χ4v) is 5.47. The molecule has 2 heterocycles. The number of aromatic carboxylic acids is 1. The zero-order valence-corrected chi connectivity index (χ0v) is 19.0. The van der Waals surface area contributed by atoms with Gasteiger partial charge in [0.15, 0.2) is 0 Å². The van der Waals surface area contributed by atoms with E-state index in [0.29, 0.717) is 16.5 Å². The summed E-state index contributed by atoms with van der Waals surface area (Å²) in [4.78, 5) is 50.8. The van der Waals surface area contributed by atoms with Crippen LogP contribution in [0.5, 0.6) is 0 Å². The predicted molar refractivity (Wildman–Crippen MR) is 120 cm³/mol. The molecule has 4 rings (SSSR count). The van der Waals surface area contributed by atoms with Crippen molar-refractivity contribution in [1.29, 1.82) is 0 Å². The number of carboxylic acid groups (broad SMARTS) is 1. The third-order valence-electron chi connectivity index (χ3n) is 5.60. The number of hydrogen-bond donors (Lipinski definition) is 1. The molecule has 3 aromatic rings. The first kappa shape index (κ1) is 22.7. The third-order valence-corrected chi connectivity index (χ3v) is 6.77. The molecule has 0 fully saturated rings. The number of nitrogens with zero attached hydrogens (tertiary/aromatic N) is 2. The average Bonchev–Trinajstić information content (AvgIpc) is 3.12. The minimum atomic E-state index is -1.55. The number of carbonyl (C=O) groups excluding carboxylic acids is 3. The van der Waals surface area contributed by atoms with Crippen LogP contribution in [0.25, 0.3) is 10.8 Å². The first-order valence-electron chi connectivity index (χ1n) is 10.6. The molecule has 1 aliphatic rings. The zero-order chi connectivity index (χ0) is 23.7. The van der Waals surface area contributed by atoms with Crippen molar-refractivity contribution in [2.75, 3.05) is 11.9 Å². The van der Waals surface area contributed by atoms with E-state index < -0.39 is 35.6 Å². The Morgan fingerprint density at radius 2 is 2.00 bits per heavy atom. The summed E-state index contributed by atoms with van der Waals surface area (Å²) in [6, 6.07) is 6.11. The van der Waals surface area contributed by atoms with Gasteiger partial charge in [0.25, 0.3) is 5.56 Å². The molecule has 0 unspecified atom stereocenters. The summed E-state index contributed by atoms with van der Waals surface area (Å²) in [7, 11) is 0. The Bertz CT molecular complexity index is 1330. The molecular weight excluding hydrogens is 446 g/mol. The molecule has 0 radical (unpaired) electrons. The summed E-state index contributed by atoms with van der Waals surface area (Å²) in [5, 5.41) is 18.7. The highest BCUT2D eigenvalue weighted by molar-refractivity contribution is 7.17. The van der Waals surface area contributed by atoms with Gasteiger partial charge in [0.1, 0.15) is 17.2 Å². The average molecular weight is 469 g/mol. The zero-order valence-electron chi connectivity index (χ0n) is 18.2. The minimum Gasteiger partial charge on any atom is -0.543 e. The third kappa shape index (κ3) is 4.38. The van der Waals surface area contributed by atoms with Gasteiger partial charge in [-0.1, -0.05) is 25.1 Å². The Balaban J connectivity index is 1.67. The maximum atomic E-state index is 12.8. The molecule has 1 atom stereocenters. The maximum Gasteiger partial charge on any atom is 0.341 e. The Labute approximate surface area is 193 Å². The second-order valence-corrected chi connectivity index (χ2v) is 9.07. The number of fused-ring (bicyclic) bond motifs is 2. The van der Waals surface area contributed by atoms with Crippen LogP contribution in [0.3, 0.4) is 0 Å². The highest BCUT2D eigenvalue weighted by Crippen LogP contribution is 2.40. The van der Waals surface area contributed by atoms with E-state index in [0.717, 1.165) is 34.4 Å². The van der Waals surface area contributed by atoms with E-state index in [2.05, 4.69) is 17.3 Å². The number of benzene rings is 1. The van der Waals surface area contributed by atoms with E-state index in [1.54, 1.807) is 19.1 Å². The van der Waals surface area contributed by atoms with Crippen LogP contribution in [0.15, 0.2) is 29.1 Å². The van der Waals surface area contributed by atoms with Gasteiger partial charge in [-0.15, -0.1) is 11.3 Å². The number of carboxylic acids is 1. The molecule has 10 heteroatoms. The molecule has 0 bridgehead atoms. The van der Waals surface area contributed by atoms with Crippen LogP contribution in [0.2, 0.25) is 0 Å². The Hall–Kier alpha value is -3.53. The molecule has 0 saturated carbocycles. The van der Waals surface area contributed by atoms with Gasteiger partial charge < -0.3 is 20.0 Å². The van der Waals surface area contributed by atoms with Crippen LogP contribution in [0.4, 0.5) is 5.00 Å². The molecule has 9 nitrogen and oxygen atoms in total. The molecule has 2 aromatic heterocycles. The normalized spacial score (nSPS) is 15.2. The summed E-state index contributed by atoms with van der Waals surface area (Å²) in [6.07, 6.45) is 2.46. The number of rotatable bonds is 6. The lowest BCUT2D eigenvalue weighted by molar-refractivity contribution is -0.255. The van der Waals surface area contributed by atoms with Crippen molar-refractivity contribution in [1.82, 2.24) is 9.78 Å². The number of esters is 1. The van der Waals surface area contributed by atoms with Gasteiger partial charge in [0.2, 0.25) is 5.91 Å². The van der Waals surface area contributed by atoms with E-state index in [4.69, 9.17) is 4.74 Å². The monoisotopic (exact) mass is 468 g/mol. The highest BCUT2D eigenvalue weighted by atomic mass is 32.1. The second kappa shape index (κ2) is 9.14. The predicted octanol–water partition coefficient (Wildman–Crippen LogP) is 1.76. The number of thiophene rings is 1. The molecule has 1 aromatic carbocycles. The molecule has 1 N–H and O–H groups in total. The Morgan fingerprint density at radius 3 is 2.70 bits per heavy atom. The molecule has 0 saturated heterocycles. The van der Waals surface area contributed by atoms with Crippen LogP contribution in [-0.4, -0.2) is 34.2 Å². The van der Waals surface area contributed by atoms with E-state index in [1.165, 1.54) is 23.5 Å². The number of carbonyl (C=O) groups is 3. The fraction of sp³-hybridized carbons (Fsp3) is 0.348. The largest absolute Gasteiger partial charge is 0.543 e. The molecule has 0 spiro atoms. The van der Waals surface area contributed by atoms with E-state index >= 15 is 0 Å². The molecule has 1 amide bonds. The van der Waals surface area contributed by atoms with Crippen LogP contribution < -0.4 is 16.0 Å². The lowest BCUT2D eigenvalue weighted by Crippen LogP contribution is -2.34. The maximum absolute atomic E-state index is 12.8. The van der Waals surface area contributed by atoms with E-state index in [9.17, 15) is 24.3 Å². The molecule has 172 valence electrons. The van der Waals surface area contributed by atoms with E-state index in [-0.39, 0.29) is 17.4 Å². The smallest absolute Gasteiger partial charge is 0.341 e. The van der Waals surface area contributed by atoms with Crippen molar-refractivity contribution in [2.45, 2.75) is 39.7 Å². The van der Waals surface area contributed by atoms with Crippen molar-refractivity contribution in [3.05, 3.63) is 56.3 Å². The quantitative estimate of drug-likeness (QED) is 0.546. The Morgan fingerprint density at radius 1 is 1.27 bits per heavy atom. The highest BCUT2D eigenvalue weighted by Gasteiger charge is 2.29. The minimum absolute atomic E-state index is 0.118. The van der Waals surface area contributed by atoms with Crippen LogP contribution in [-0.2, 0) is 28.9 Å². The Kier molecular flexibility index (Phi) is 6.28. The van der Waals surface area contributed by atoms with Crippen molar-refractivity contribution >= 4 is 45.0 Å². The summed E-state index contributed by atoms with van der Waals surface area (Å²) in [5.41, 5.74) is 0.222. The fourth-order valence-electron chi connectivity index (χ4n) is 4.05. The molecular formula is C23H22N3O6S-. The second-order valence-electron chi connectivity index (χ2n) is 7.97. The number of ether oxygens (including phenoxy) is 1. The van der Waals surface area contributed by atoms with Gasteiger partial charge in [0, 0.05) is 10.3 Å². The number of anilines is 1. The van der Waals surface area contributed by atoms with E-state index in [1.807, 2.05) is 0 Å². The summed E-state index contributed by atoms with van der Waals surface area (Å²) in [6.45, 7) is 3.53. The van der Waals surface area contributed by atoms with Crippen LogP contribution in [0.1, 0.15) is 51.6 Å². The summed E-state index contributed by atoms with van der Waals surface area (Å²) < 4.78 is 6.00. The van der Waals surface area contributed by atoms with Gasteiger partial charge in [-0.3, -0.25) is 9.59 Å². The first-order chi connectivity index (χ1) is 15.8.